The van der Waals surface area contributed by atoms with Gasteiger partial charge in [-0.25, -0.2) is 0 Å². The Morgan fingerprint density at radius 1 is 1.41 bits per heavy atom. The van der Waals surface area contributed by atoms with Crippen molar-refractivity contribution in [1.29, 1.82) is 0 Å². The molecule has 4 N–H and O–H groups in total. The van der Waals surface area contributed by atoms with Crippen LogP contribution in [-0.4, -0.2) is 10.5 Å². The van der Waals surface area contributed by atoms with Crippen LogP contribution < -0.4 is 16.6 Å². The predicted octanol–water partition coefficient (Wildman–Crippen LogP) is 2.48. The third-order valence-corrected chi connectivity index (χ3v) is 2.73. The van der Waals surface area contributed by atoms with Crippen LogP contribution in [0.3, 0.4) is 0 Å². The van der Waals surface area contributed by atoms with Gasteiger partial charge >= 0.3 is 5.69 Å². The molecule has 0 radical (unpaired) electrons. The zero-order chi connectivity index (χ0) is 13.1. The maximum absolute atomic E-state index is 11.0. The number of hydrogen-bond acceptors (Lipinski definition) is 5. The Hall–Kier alpha value is -1.82. The van der Waals surface area contributed by atoms with Gasteiger partial charge in [0.1, 0.15) is 11.4 Å². The van der Waals surface area contributed by atoms with Gasteiger partial charge < -0.3 is 10.7 Å². The van der Waals surface area contributed by atoms with Crippen LogP contribution in [0.25, 0.3) is 0 Å². The molecule has 0 saturated carbocycles. The second-order valence-corrected chi connectivity index (χ2v) is 4.47. The summed E-state index contributed by atoms with van der Waals surface area (Å²) in [5.74, 6) is 5.27. The number of nitrogens with two attached hydrogens (primary N) is 1. The minimum atomic E-state index is -0.441. The van der Waals surface area contributed by atoms with Crippen LogP contribution >= 0.6 is 0 Å². The molecule has 0 aromatic heterocycles. The van der Waals surface area contributed by atoms with E-state index in [9.17, 15) is 10.1 Å². The van der Waals surface area contributed by atoms with Gasteiger partial charge in [0.15, 0.2) is 0 Å². The lowest BCUT2D eigenvalue weighted by atomic mass is 10.0. The number of hydrogen-bond donors (Lipinski definition) is 3. The van der Waals surface area contributed by atoms with Crippen molar-refractivity contribution in [3.63, 3.8) is 0 Å². The zero-order valence-corrected chi connectivity index (χ0v) is 10.3. The Bertz CT molecular complexity index is 418. The van der Waals surface area contributed by atoms with Gasteiger partial charge in [0.25, 0.3) is 0 Å². The fourth-order valence-electron chi connectivity index (χ4n) is 1.41. The first kappa shape index (κ1) is 13.2. The Labute approximate surface area is 100 Å². The largest absolute Gasteiger partial charge is 0.375 e. The van der Waals surface area contributed by atoms with Gasteiger partial charge in [0.05, 0.1) is 4.92 Å². The van der Waals surface area contributed by atoms with Crippen molar-refractivity contribution >= 4 is 17.1 Å². The summed E-state index contributed by atoms with van der Waals surface area (Å²) in [5.41, 5.74) is 2.87. The van der Waals surface area contributed by atoms with E-state index in [0.29, 0.717) is 11.4 Å². The van der Waals surface area contributed by atoms with Crippen LogP contribution in [0.1, 0.15) is 27.2 Å². The highest BCUT2D eigenvalue weighted by molar-refractivity contribution is 5.76. The monoisotopic (exact) mass is 238 g/mol. The summed E-state index contributed by atoms with van der Waals surface area (Å²) in [5, 5.41) is 14.2. The summed E-state index contributed by atoms with van der Waals surface area (Å²) >= 11 is 0. The quantitative estimate of drug-likeness (QED) is 0.416. The molecule has 0 saturated heterocycles. The molecule has 0 amide bonds. The molecule has 0 aliphatic carbocycles. The number of para-hydroxylation sites is 1. The molecule has 0 spiro atoms. The van der Waals surface area contributed by atoms with Gasteiger partial charge in [0.2, 0.25) is 0 Å². The van der Waals surface area contributed by atoms with Crippen LogP contribution in [0, 0.1) is 10.1 Å². The highest BCUT2D eigenvalue weighted by Crippen LogP contribution is 2.34. The first-order chi connectivity index (χ1) is 7.91. The molecule has 0 heterocycles. The van der Waals surface area contributed by atoms with E-state index in [1.165, 1.54) is 0 Å². The number of rotatable bonds is 5. The fourth-order valence-corrected chi connectivity index (χ4v) is 1.41. The van der Waals surface area contributed by atoms with Crippen molar-refractivity contribution in [3.05, 3.63) is 28.3 Å². The molecule has 0 unspecified atom stereocenters. The average Bonchev–Trinajstić information content (AvgIpc) is 2.27. The van der Waals surface area contributed by atoms with Crippen molar-refractivity contribution < 1.29 is 4.92 Å². The summed E-state index contributed by atoms with van der Waals surface area (Å²) in [7, 11) is 0. The molecule has 0 aliphatic rings. The third-order valence-electron chi connectivity index (χ3n) is 2.73. The molecule has 0 bridgehead atoms. The minimum absolute atomic E-state index is 0.0310. The van der Waals surface area contributed by atoms with Crippen molar-refractivity contribution in [2.75, 3.05) is 10.7 Å². The van der Waals surface area contributed by atoms with Crippen LogP contribution in [0.5, 0.6) is 0 Å². The van der Waals surface area contributed by atoms with E-state index in [0.717, 1.165) is 6.42 Å². The predicted molar refractivity (Wildman–Crippen MR) is 68.9 cm³/mol. The molecule has 0 atom stereocenters. The molecular weight excluding hydrogens is 220 g/mol. The molecule has 94 valence electrons. The Kier molecular flexibility index (Phi) is 3.90. The van der Waals surface area contributed by atoms with Crippen molar-refractivity contribution in [3.8, 4) is 0 Å². The number of benzene rings is 1. The number of nitro benzene ring substituents is 1. The van der Waals surface area contributed by atoms with Gasteiger partial charge in [-0.1, -0.05) is 13.0 Å². The van der Waals surface area contributed by atoms with Gasteiger partial charge in [-0.15, -0.1) is 0 Å². The van der Waals surface area contributed by atoms with E-state index in [-0.39, 0.29) is 11.2 Å². The first-order valence-corrected chi connectivity index (χ1v) is 5.43. The normalized spacial score (nSPS) is 11.1. The maximum atomic E-state index is 11.0. The van der Waals surface area contributed by atoms with E-state index in [1.807, 2.05) is 20.8 Å². The molecule has 6 nitrogen and oxygen atoms in total. The van der Waals surface area contributed by atoms with E-state index in [1.54, 1.807) is 18.2 Å². The van der Waals surface area contributed by atoms with E-state index in [2.05, 4.69) is 10.7 Å². The summed E-state index contributed by atoms with van der Waals surface area (Å²) < 4.78 is 0. The Morgan fingerprint density at radius 3 is 2.47 bits per heavy atom. The lowest BCUT2D eigenvalue weighted by Crippen LogP contribution is -2.30. The molecule has 0 fully saturated rings. The maximum Gasteiger partial charge on any atom is 0.316 e. The average molecular weight is 238 g/mol. The van der Waals surface area contributed by atoms with Crippen LogP contribution in [0.4, 0.5) is 17.1 Å². The lowest BCUT2D eigenvalue weighted by Gasteiger charge is -2.26. The summed E-state index contributed by atoms with van der Waals surface area (Å²) in [6.07, 6.45) is 0.852. The molecule has 1 rings (SSSR count). The molecule has 1 aromatic carbocycles. The molecule has 6 heteroatoms. The van der Waals surface area contributed by atoms with E-state index < -0.39 is 4.92 Å². The molecule has 1 aromatic rings. The number of nitrogen functional groups attached to an aromatic ring is 1. The first-order valence-electron chi connectivity index (χ1n) is 5.43. The second kappa shape index (κ2) is 5.01. The number of nitro groups is 1. The zero-order valence-electron chi connectivity index (χ0n) is 10.3. The highest BCUT2D eigenvalue weighted by atomic mass is 16.6. The number of nitrogens with zero attached hydrogens (tertiary/aromatic N) is 1. The van der Waals surface area contributed by atoms with E-state index in [4.69, 9.17) is 5.84 Å². The SMILES string of the molecule is CCC(C)(C)Nc1cccc(NN)c1[N+](=O)[O-]. The topological polar surface area (TPSA) is 93.2 Å². The highest BCUT2D eigenvalue weighted by Gasteiger charge is 2.23. The summed E-state index contributed by atoms with van der Waals surface area (Å²) in [6.45, 7) is 5.99. The van der Waals surface area contributed by atoms with Gasteiger partial charge in [-0.3, -0.25) is 16.0 Å². The molecule has 17 heavy (non-hydrogen) atoms. The smallest absolute Gasteiger partial charge is 0.316 e. The fraction of sp³-hybridized carbons (Fsp3) is 0.455. The van der Waals surface area contributed by atoms with Gasteiger partial charge in [-0.05, 0) is 32.4 Å². The van der Waals surface area contributed by atoms with Crippen molar-refractivity contribution in [2.24, 2.45) is 5.84 Å². The number of nitrogens with one attached hydrogen (secondary N) is 2. The molecule has 0 aliphatic heterocycles. The summed E-state index contributed by atoms with van der Waals surface area (Å²) in [4.78, 5) is 10.6. The number of anilines is 2. The Balaban J connectivity index is 3.19. The number of hydrazine groups is 1. The second-order valence-electron chi connectivity index (χ2n) is 4.47. The minimum Gasteiger partial charge on any atom is -0.375 e. The third kappa shape index (κ3) is 3.07. The van der Waals surface area contributed by atoms with Crippen LogP contribution in [-0.2, 0) is 0 Å². The van der Waals surface area contributed by atoms with Gasteiger partial charge in [-0.2, -0.15) is 0 Å². The molecular formula is C11H18N4O2. The van der Waals surface area contributed by atoms with E-state index >= 15 is 0 Å². The van der Waals surface area contributed by atoms with Crippen molar-refractivity contribution in [1.82, 2.24) is 0 Å². The van der Waals surface area contributed by atoms with Crippen LogP contribution in [0.15, 0.2) is 18.2 Å². The summed E-state index contributed by atoms with van der Waals surface area (Å²) in [6, 6.07) is 4.97. The Morgan fingerprint density at radius 2 is 2.00 bits per heavy atom. The van der Waals surface area contributed by atoms with Gasteiger partial charge in [0, 0.05) is 5.54 Å². The standard InChI is InChI=1S/C11H18N4O2/c1-4-11(2,3)13-8-6-5-7-9(14-12)10(8)15(16)17/h5-7,13-14H,4,12H2,1-3H3. The lowest BCUT2D eigenvalue weighted by molar-refractivity contribution is -0.383. The van der Waals surface area contributed by atoms with Crippen LogP contribution in [0.2, 0.25) is 0 Å². The van der Waals surface area contributed by atoms with Crippen molar-refractivity contribution in [2.45, 2.75) is 32.7 Å².